The lowest BCUT2D eigenvalue weighted by atomic mass is 10.1. The molecule has 0 atom stereocenters. The first-order valence-corrected chi connectivity index (χ1v) is 5.59. The highest BCUT2D eigenvalue weighted by Gasteiger charge is 2.05. The van der Waals surface area contributed by atoms with Crippen LogP contribution in [0, 0.1) is 6.92 Å². The van der Waals surface area contributed by atoms with Crippen LogP contribution in [0.1, 0.15) is 18.1 Å². The minimum atomic E-state index is 1.05. The van der Waals surface area contributed by atoms with E-state index in [1.807, 2.05) is 0 Å². The average Bonchev–Trinajstić information content (AvgIpc) is 2.56. The topological polar surface area (TPSA) is 16.4 Å². The Hall–Kier alpha value is -1.28. The van der Waals surface area contributed by atoms with Gasteiger partial charge in [0.15, 0.2) is 0 Å². The van der Waals surface area contributed by atoms with Gasteiger partial charge in [-0.05, 0) is 49.7 Å². The fraction of sp³-hybridized carbons (Fsp3) is 0.385. The predicted octanol–water partition coefficient (Wildman–Crippen LogP) is 2.40. The minimum Gasteiger partial charge on any atom is -0.323 e. The summed E-state index contributed by atoms with van der Waals surface area (Å²) in [6.45, 7) is 6.44. The molecule has 0 spiro atoms. The number of aromatic nitrogens is 1. The predicted molar refractivity (Wildman–Crippen MR) is 64.4 cm³/mol. The summed E-state index contributed by atoms with van der Waals surface area (Å²) in [4.78, 5) is 0. The van der Waals surface area contributed by atoms with Crippen LogP contribution in [-0.2, 0) is 6.42 Å². The third kappa shape index (κ3) is 2.05. The number of likely N-dealkylation sites (N-methyl/N-ethyl adjacent to an activating group) is 1. The van der Waals surface area contributed by atoms with E-state index in [0.29, 0.717) is 0 Å². The Bertz CT molecular complexity index is 443. The zero-order chi connectivity index (χ0) is 10.7. The van der Waals surface area contributed by atoms with Gasteiger partial charge in [0.2, 0.25) is 0 Å². The summed E-state index contributed by atoms with van der Waals surface area (Å²) >= 11 is 0. The van der Waals surface area contributed by atoms with Crippen molar-refractivity contribution in [3.8, 4) is 0 Å². The minimum absolute atomic E-state index is 1.05. The van der Waals surface area contributed by atoms with Crippen molar-refractivity contribution in [1.82, 2.24) is 9.72 Å². The van der Waals surface area contributed by atoms with Crippen molar-refractivity contribution in [2.75, 3.05) is 13.1 Å². The van der Waals surface area contributed by atoms with Crippen LogP contribution < -0.4 is 5.32 Å². The van der Waals surface area contributed by atoms with E-state index in [9.17, 15) is 0 Å². The molecule has 2 heterocycles. The molecule has 2 aromatic heterocycles. The fourth-order valence-corrected chi connectivity index (χ4v) is 2.03. The molecule has 2 aromatic rings. The van der Waals surface area contributed by atoms with E-state index in [0.717, 1.165) is 19.5 Å². The van der Waals surface area contributed by atoms with Crippen molar-refractivity contribution >= 4 is 5.52 Å². The first kappa shape index (κ1) is 10.2. The van der Waals surface area contributed by atoms with Gasteiger partial charge in [-0.25, -0.2) is 0 Å². The average molecular weight is 202 g/mol. The van der Waals surface area contributed by atoms with E-state index in [2.05, 4.69) is 54.2 Å². The molecule has 0 aromatic carbocycles. The Morgan fingerprint density at radius 2 is 2.20 bits per heavy atom. The van der Waals surface area contributed by atoms with E-state index in [-0.39, 0.29) is 0 Å². The second kappa shape index (κ2) is 4.49. The summed E-state index contributed by atoms with van der Waals surface area (Å²) in [6, 6.07) is 6.36. The molecule has 2 heteroatoms. The second-order valence-electron chi connectivity index (χ2n) is 3.89. The van der Waals surface area contributed by atoms with Crippen LogP contribution in [-0.4, -0.2) is 17.5 Å². The van der Waals surface area contributed by atoms with Crippen LogP contribution in [0.25, 0.3) is 5.52 Å². The lowest BCUT2D eigenvalue weighted by Crippen LogP contribution is -2.16. The molecule has 2 nitrogen and oxygen atoms in total. The monoisotopic (exact) mass is 202 g/mol. The number of pyridine rings is 1. The third-order valence-corrected chi connectivity index (χ3v) is 2.81. The molecule has 0 radical (unpaired) electrons. The number of rotatable bonds is 4. The van der Waals surface area contributed by atoms with Gasteiger partial charge in [0.05, 0.1) is 0 Å². The molecule has 1 N–H and O–H groups in total. The van der Waals surface area contributed by atoms with E-state index in [1.54, 1.807) is 0 Å². The zero-order valence-electron chi connectivity index (χ0n) is 9.46. The largest absolute Gasteiger partial charge is 0.323 e. The molecule has 0 aliphatic heterocycles. The number of nitrogens with one attached hydrogen (secondary N) is 1. The lowest BCUT2D eigenvalue weighted by Gasteiger charge is -2.02. The molecule has 2 rings (SSSR count). The molecule has 0 aliphatic carbocycles. The van der Waals surface area contributed by atoms with Gasteiger partial charge in [-0.15, -0.1) is 0 Å². The number of fused-ring (bicyclic) bond motifs is 1. The quantitative estimate of drug-likeness (QED) is 0.753. The molecule has 0 fully saturated rings. The van der Waals surface area contributed by atoms with Crippen molar-refractivity contribution in [3.63, 3.8) is 0 Å². The maximum Gasteiger partial charge on any atom is 0.0485 e. The normalized spacial score (nSPS) is 11.1. The van der Waals surface area contributed by atoms with Crippen LogP contribution in [0.4, 0.5) is 0 Å². The van der Waals surface area contributed by atoms with Crippen molar-refractivity contribution in [3.05, 3.63) is 41.7 Å². The van der Waals surface area contributed by atoms with Crippen LogP contribution >= 0.6 is 0 Å². The maximum absolute atomic E-state index is 3.37. The SMILES string of the molecule is CCNCCc1c(C)cn2ccccc12. The maximum atomic E-state index is 3.37. The number of hydrogen-bond donors (Lipinski definition) is 1. The molecule has 15 heavy (non-hydrogen) atoms. The second-order valence-corrected chi connectivity index (χ2v) is 3.89. The Morgan fingerprint density at radius 3 is 3.00 bits per heavy atom. The molecule has 0 bridgehead atoms. The molecule has 0 unspecified atom stereocenters. The first-order valence-electron chi connectivity index (χ1n) is 5.59. The molecule has 0 saturated carbocycles. The van der Waals surface area contributed by atoms with Gasteiger partial charge in [-0.1, -0.05) is 13.0 Å². The number of nitrogens with zero attached hydrogens (tertiary/aromatic N) is 1. The van der Waals surface area contributed by atoms with E-state index < -0.39 is 0 Å². The highest BCUT2D eigenvalue weighted by molar-refractivity contribution is 5.59. The summed E-state index contributed by atoms with van der Waals surface area (Å²) in [5.74, 6) is 0. The lowest BCUT2D eigenvalue weighted by molar-refractivity contribution is 0.717. The van der Waals surface area contributed by atoms with Gasteiger partial charge in [-0.3, -0.25) is 0 Å². The Balaban J connectivity index is 2.28. The van der Waals surface area contributed by atoms with Crippen molar-refractivity contribution < 1.29 is 0 Å². The molecule has 80 valence electrons. The molecule has 0 amide bonds. The summed E-state index contributed by atoms with van der Waals surface area (Å²) in [5.41, 5.74) is 4.20. The first-order chi connectivity index (χ1) is 7.33. The van der Waals surface area contributed by atoms with Gasteiger partial charge in [0, 0.05) is 17.9 Å². The Labute approximate surface area is 90.9 Å². The zero-order valence-corrected chi connectivity index (χ0v) is 9.46. The molecular weight excluding hydrogens is 184 g/mol. The van der Waals surface area contributed by atoms with Crippen molar-refractivity contribution in [2.24, 2.45) is 0 Å². The molecular formula is C13H18N2. The van der Waals surface area contributed by atoms with Gasteiger partial charge in [-0.2, -0.15) is 0 Å². The van der Waals surface area contributed by atoms with Crippen LogP contribution in [0.15, 0.2) is 30.6 Å². The standard InChI is InChI=1S/C13H18N2/c1-3-14-8-7-12-11(2)10-15-9-5-4-6-13(12)15/h4-6,9-10,14H,3,7-8H2,1-2H3. The number of aryl methyl sites for hydroxylation is 1. The molecule has 0 saturated heterocycles. The van der Waals surface area contributed by atoms with Crippen molar-refractivity contribution in [2.45, 2.75) is 20.3 Å². The van der Waals surface area contributed by atoms with Crippen molar-refractivity contribution in [1.29, 1.82) is 0 Å². The van der Waals surface area contributed by atoms with Crippen LogP contribution in [0.3, 0.4) is 0 Å². The summed E-state index contributed by atoms with van der Waals surface area (Å²) < 4.78 is 2.20. The van der Waals surface area contributed by atoms with E-state index in [4.69, 9.17) is 0 Å². The fourth-order valence-electron chi connectivity index (χ4n) is 2.03. The Morgan fingerprint density at radius 1 is 1.33 bits per heavy atom. The highest BCUT2D eigenvalue weighted by Crippen LogP contribution is 2.17. The summed E-state index contributed by atoms with van der Waals surface area (Å²) in [5, 5.41) is 3.37. The third-order valence-electron chi connectivity index (χ3n) is 2.81. The Kier molecular flexibility index (Phi) is 3.07. The summed E-state index contributed by atoms with van der Waals surface area (Å²) in [6.07, 6.45) is 5.43. The smallest absolute Gasteiger partial charge is 0.0485 e. The van der Waals surface area contributed by atoms with E-state index in [1.165, 1.54) is 16.6 Å². The number of hydrogen-bond acceptors (Lipinski definition) is 1. The summed E-state index contributed by atoms with van der Waals surface area (Å²) in [7, 11) is 0. The van der Waals surface area contributed by atoms with Gasteiger partial charge in [0.25, 0.3) is 0 Å². The van der Waals surface area contributed by atoms with Gasteiger partial charge < -0.3 is 9.72 Å². The van der Waals surface area contributed by atoms with Crippen LogP contribution in [0.2, 0.25) is 0 Å². The van der Waals surface area contributed by atoms with Gasteiger partial charge >= 0.3 is 0 Å². The highest BCUT2D eigenvalue weighted by atomic mass is 14.9. The van der Waals surface area contributed by atoms with E-state index >= 15 is 0 Å². The molecule has 0 aliphatic rings. The van der Waals surface area contributed by atoms with Crippen LogP contribution in [0.5, 0.6) is 0 Å². The van der Waals surface area contributed by atoms with Gasteiger partial charge in [0.1, 0.15) is 0 Å².